The second kappa shape index (κ2) is 16.2. The molecule has 7 rings (SSSR count). The molecule has 3 heterocycles. The lowest BCUT2D eigenvalue weighted by Gasteiger charge is -2.36. The van der Waals surface area contributed by atoms with Crippen LogP contribution in [0.4, 0.5) is 11.4 Å². The highest BCUT2D eigenvalue weighted by Gasteiger charge is 2.32. The number of fused-ring (bicyclic) bond motifs is 2. The third kappa shape index (κ3) is 7.86. The van der Waals surface area contributed by atoms with Crippen LogP contribution in [0.3, 0.4) is 0 Å². The van der Waals surface area contributed by atoms with Gasteiger partial charge < -0.3 is 29.1 Å². The molecule has 2 aliphatic rings. The van der Waals surface area contributed by atoms with Crippen LogP contribution in [0.25, 0.3) is 11.3 Å². The molecule has 290 valence electrons. The fraction of sp³-hybridized carbons (Fsp3) is 0.340. The molecule has 0 saturated carbocycles. The summed E-state index contributed by atoms with van der Waals surface area (Å²) in [7, 11) is 9.98. The molecule has 1 aromatic heterocycles. The van der Waals surface area contributed by atoms with Crippen molar-refractivity contribution < 1.29 is 14.4 Å². The highest BCUT2D eigenvalue weighted by atomic mass is 16.2. The molecule has 3 amide bonds. The summed E-state index contributed by atoms with van der Waals surface area (Å²) in [6, 6.07) is 32.4. The van der Waals surface area contributed by atoms with Gasteiger partial charge in [0.15, 0.2) is 0 Å². The van der Waals surface area contributed by atoms with Gasteiger partial charge in [0.1, 0.15) is 0 Å². The Morgan fingerprint density at radius 2 is 1.45 bits per heavy atom. The molecule has 9 heteroatoms. The van der Waals surface area contributed by atoms with E-state index in [0.717, 1.165) is 70.1 Å². The third-order valence-electron chi connectivity index (χ3n) is 11.8. The Morgan fingerprint density at radius 3 is 2.20 bits per heavy atom. The second-order valence-corrected chi connectivity index (χ2v) is 15.8. The van der Waals surface area contributed by atoms with Crippen molar-refractivity contribution in [3.8, 4) is 11.3 Å². The van der Waals surface area contributed by atoms with Gasteiger partial charge in [-0.15, -0.1) is 0 Å². The molecule has 0 aliphatic carbocycles. The Labute approximate surface area is 331 Å². The molecular weight excluding hydrogens is 697 g/mol. The minimum atomic E-state index is -0.109. The highest BCUT2D eigenvalue weighted by molar-refractivity contribution is 6.08. The van der Waals surface area contributed by atoms with Gasteiger partial charge in [0.25, 0.3) is 11.8 Å². The minimum absolute atomic E-state index is 0.00357. The van der Waals surface area contributed by atoms with E-state index >= 15 is 0 Å². The first-order valence-corrected chi connectivity index (χ1v) is 19.7. The lowest BCUT2D eigenvalue weighted by molar-refractivity contribution is -0.131. The van der Waals surface area contributed by atoms with E-state index in [0.29, 0.717) is 43.6 Å². The zero-order valence-electron chi connectivity index (χ0n) is 33.9. The zero-order valence-corrected chi connectivity index (χ0v) is 33.9. The van der Waals surface area contributed by atoms with Gasteiger partial charge in [0.2, 0.25) is 5.91 Å². The fourth-order valence-electron chi connectivity index (χ4n) is 8.11. The van der Waals surface area contributed by atoms with Crippen LogP contribution in [0.15, 0.2) is 97.1 Å². The van der Waals surface area contributed by atoms with Gasteiger partial charge in [-0.3, -0.25) is 14.4 Å². The molecule has 5 aromatic rings. The van der Waals surface area contributed by atoms with E-state index in [9.17, 15) is 14.4 Å². The zero-order chi connectivity index (χ0) is 39.7. The maximum absolute atomic E-state index is 14.9. The summed E-state index contributed by atoms with van der Waals surface area (Å²) >= 11 is 0. The third-order valence-corrected chi connectivity index (χ3v) is 11.8. The molecule has 0 saturated heterocycles. The summed E-state index contributed by atoms with van der Waals surface area (Å²) in [6.07, 6.45) is 1.77. The van der Waals surface area contributed by atoms with Crippen molar-refractivity contribution in [3.05, 3.63) is 142 Å². The minimum Gasteiger partial charge on any atom is -0.373 e. The SMILES string of the molecule is Cc1c(C(=O)N(C)c2ccccc2)cc(-c2cc3c(cc2C(=O)N2Cc4ccccc4C[C@H]2C)CN(C(=O)Cc2cccc(N(C)CCN(C)C)c2)CC3)n1C. The van der Waals surface area contributed by atoms with E-state index in [1.165, 1.54) is 5.56 Å². The first kappa shape index (κ1) is 38.6. The molecule has 0 fully saturated rings. The summed E-state index contributed by atoms with van der Waals surface area (Å²) < 4.78 is 2.03. The number of hydrogen-bond donors (Lipinski definition) is 0. The standard InChI is InChI=1S/C47H54N6O3/c1-32-24-35-15-11-12-16-37(35)31-53(32)47(56)43-28-38-30-52(45(54)26-34-14-13-19-40(25-34)49(5)23-22-48(3)4)21-20-36(38)27-42(43)44-29-41(33(2)50(44)6)46(55)51(7)39-17-9-8-10-18-39/h8-19,25,27-29,32H,20-24,26,30-31H2,1-7H3/t32-/m1/s1. The number of rotatable bonds is 10. The quantitative estimate of drug-likeness (QED) is 0.154. The number of para-hydroxylation sites is 1. The summed E-state index contributed by atoms with van der Waals surface area (Å²) in [5, 5.41) is 0. The maximum Gasteiger partial charge on any atom is 0.259 e. The van der Waals surface area contributed by atoms with E-state index < -0.39 is 0 Å². The van der Waals surface area contributed by atoms with Gasteiger partial charge in [-0.1, -0.05) is 54.6 Å². The molecule has 0 unspecified atom stereocenters. The van der Waals surface area contributed by atoms with Crippen molar-refractivity contribution in [1.29, 1.82) is 0 Å². The summed E-state index contributed by atoms with van der Waals surface area (Å²) in [4.78, 5) is 52.7. The molecule has 1 atom stereocenters. The molecular formula is C47H54N6O3. The van der Waals surface area contributed by atoms with Crippen LogP contribution in [0, 0.1) is 6.92 Å². The highest BCUT2D eigenvalue weighted by Crippen LogP contribution is 2.36. The van der Waals surface area contributed by atoms with E-state index in [1.54, 1.807) is 11.9 Å². The number of carbonyl (C=O) groups excluding carboxylic acids is 3. The van der Waals surface area contributed by atoms with Crippen LogP contribution in [-0.2, 0) is 44.2 Å². The Hall–Kier alpha value is -5.67. The van der Waals surface area contributed by atoms with Crippen LogP contribution < -0.4 is 9.80 Å². The van der Waals surface area contributed by atoms with Crippen molar-refractivity contribution in [2.24, 2.45) is 7.05 Å². The van der Waals surface area contributed by atoms with Crippen molar-refractivity contribution in [3.63, 3.8) is 0 Å². The van der Waals surface area contributed by atoms with E-state index in [1.807, 2.05) is 89.0 Å². The van der Waals surface area contributed by atoms with Gasteiger partial charge in [-0.05, 0) is 111 Å². The van der Waals surface area contributed by atoms with Crippen molar-refractivity contribution in [1.82, 2.24) is 19.3 Å². The smallest absolute Gasteiger partial charge is 0.259 e. The largest absolute Gasteiger partial charge is 0.373 e. The first-order valence-electron chi connectivity index (χ1n) is 19.7. The van der Waals surface area contributed by atoms with Gasteiger partial charge in [0.05, 0.1) is 12.0 Å². The van der Waals surface area contributed by atoms with Crippen LogP contribution in [0.1, 0.15) is 61.2 Å². The Bertz CT molecular complexity index is 2260. The average molecular weight is 751 g/mol. The molecule has 0 bridgehead atoms. The Morgan fingerprint density at radius 1 is 0.732 bits per heavy atom. The van der Waals surface area contributed by atoms with E-state index in [-0.39, 0.29) is 23.8 Å². The van der Waals surface area contributed by atoms with Gasteiger partial charge in [-0.2, -0.15) is 0 Å². The molecule has 0 radical (unpaired) electrons. The average Bonchev–Trinajstić information content (AvgIpc) is 3.51. The van der Waals surface area contributed by atoms with E-state index in [4.69, 9.17) is 0 Å². The molecule has 0 N–H and O–H groups in total. The number of anilines is 2. The van der Waals surface area contributed by atoms with Crippen molar-refractivity contribution >= 4 is 29.1 Å². The molecule has 9 nitrogen and oxygen atoms in total. The lowest BCUT2D eigenvalue weighted by atomic mass is 9.89. The number of benzene rings is 4. The Kier molecular flexibility index (Phi) is 11.2. The number of likely N-dealkylation sites (N-methyl/N-ethyl adjacent to an activating group) is 2. The summed E-state index contributed by atoms with van der Waals surface area (Å²) in [5.74, 6) is -0.0789. The van der Waals surface area contributed by atoms with Crippen LogP contribution >= 0.6 is 0 Å². The molecule has 4 aromatic carbocycles. The summed E-state index contributed by atoms with van der Waals surface area (Å²) in [6.45, 7) is 7.47. The van der Waals surface area contributed by atoms with Gasteiger partial charge in [-0.25, -0.2) is 0 Å². The number of hydrogen-bond acceptors (Lipinski definition) is 5. The van der Waals surface area contributed by atoms with Crippen molar-refractivity contribution in [2.45, 2.75) is 52.2 Å². The maximum atomic E-state index is 14.9. The fourth-order valence-corrected chi connectivity index (χ4v) is 8.11. The molecule has 0 spiro atoms. The normalized spacial score (nSPS) is 15.0. The molecule has 56 heavy (non-hydrogen) atoms. The summed E-state index contributed by atoms with van der Waals surface area (Å²) in [5.41, 5.74) is 11.1. The number of aromatic nitrogens is 1. The van der Waals surface area contributed by atoms with Crippen LogP contribution in [0.2, 0.25) is 0 Å². The number of carbonyl (C=O) groups is 3. The van der Waals surface area contributed by atoms with E-state index in [2.05, 4.69) is 74.3 Å². The van der Waals surface area contributed by atoms with Crippen LogP contribution in [0.5, 0.6) is 0 Å². The predicted molar refractivity (Wildman–Crippen MR) is 225 cm³/mol. The Balaban J connectivity index is 1.21. The van der Waals surface area contributed by atoms with Crippen LogP contribution in [-0.4, -0.2) is 90.9 Å². The second-order valence-electron chi connectivity index (χ2n) is 15.8. The van der Waals surface area contributed by atoms with Crippen molar-refractivity contribution in [2.75, 3.05) is 57.6 Å². The number of amides is 3. The van der Waals surface area contributed by atoms with Gasteiger partial charge >= 0.3 is 0 Å². The predicted octanol–water partition coefficient (Wildman–Crippen LogP) is 6.99. The monoisotopic (exact) mass is 750 g/mol. The topological polar surface area (TPSA) is 72.3 Å². The first-order chi connectivity index (χ1) is 26.9. The number of nitrogens with zero attached hydrogens (tertiary/aromatic N) is 6. The molecule has 2 aliphatic heterocycles. The van der Waals surface area contributed by atoms with Gasteiger partial charge in [0, 0.05) is 93.8 Å². The lowest BCUT2D eigenvalue weighted by Crippen LogP contribution is -2.43.